The Labute approximate surface area is 112 Å². The van der Waals surface area contributed by atoms with Gasteiger partial charge in [0.05, 0.1) is 0 Å². The summed E-state index contributed by atoms with van der Waals surface area (Å²) < 4.78 is 0. The quantitative estimate of drug-likeness (QED) is 0.703. The number of aryl methyl sites for hydroxylation is 2. The second-order valence-electron chi connectivity index (χ2n) is 4.25. The van der Waals surface area contributed by atoms with Crippen molar-refractivity contribution < 1.29 is 0 Å². The van der Waals surface area contributed by atoms with Crippen molar-refractivity contribution >= 4 is 15.9 Å². The predicted molar refractivity (Wildman–Crippen MR) is 78.5 cm³/mol. The van der Waals surface area contributed by atoms with E-state index in [1.807, 2.05) is 0 Å². The van der Waals surface area contributed by atoms with Crippen LogP contribution in [0.1, 0.15) is 16.7 Å². The zero-order chi connectivity index (χ0) is 12.3. The van der Waals surface area contributed by atoms with E-state index >= 15 is 0 Å². The van der Waals surface area contributed by atoms with Gasteiger partial charge in [-0.05, 0) is 41.7 Å². The highest BCUT2D eigenvalue weighted by Crippen LogP contribution is 2.26. The smallest absolute Gasteiger partial charge is 0.0107 e. The third-order valence-corrected chi connectivity index (χ3v) is 3.31. The fraction of sp³-hybridized carbons (Fsp3) is 0.188. The van der Waals surface area contributed by atoms with Crippen molar-refractivity contribution in [1.82, 2.24) is 0 Å². The van der Waals surface area contributed by atoms with Gasteiger partial charge in [-0.1, -0.05) is 58.4 Å². The molecule has 0 spiro atoms. The summed E-state index contributed by atoms with van der Waals surface area (Å²) in [4.78, 5) is 0. The lowest BCUT2D eigenvalue weighted by Gasteiger charge is -2.11. The zero-order valence-electron chi connectivity index (χ0n) is 10.2. The molecule has 0 aliphatic rings. The number of hydrogen-bond donors (Lipinski definition) is 0. The first-order valence-corrected chi connectivity index (χ1v) is 6.90. The third kappa shape index (κ3) is 2.78. The second-order valence-corrected chi connectivity index (χ2v) is 4.90. The first-order chi connectivity index (χ1) is 8.22. The highest BCUT2D eigenvalue weighted by Gasteiger charge is 2.06. The molecule has 0 N–H and O–H groups in total. The molecule has 2 aromatic carbocycles. The average molecular weight is 288 g/mol. The van der Waals surface area contributed by atoms with E-state index in [-0.39, 0.29) is 0 Å². The molecule has 0 fully saturated rings. The molecule has 0 bridgehead atoms. The highest BCUT2D eigenvalue weighted by molar-refractivity contribution is 9.09. The molecular formula is C16H16Br. The van der Waals surface area contributed by atoms with Crippen LogP contribution in [0, 0.1) is 20.3 Å². The van der Waals surface area contributed by atoms with E-state index in [0.29, 0.717) is 0 Å². The molecule has 2 rings (SSSR count). The van der Waals surface area contributed by atoms with E-state index in [2.05, 4.69) is 78.7 Å². The Kier molecular flexibility index (Phi) is 4.01. The number of halogens is 1. The molecule has 0 aromatic heterocycles. The number of benzene rings is 2. The average Bonchev–Trinajstić information content (AvgIpc) is 2.35. The van der Waals surface area contributed by atoms with Gasteiger partial charge in [0.1, 0.15) is 0 Å². The lowest BCUT2D eigenvalue weighted by molar-refractivity contribution is 1.27. The minimum Gasteiger partial charge on any atom is -0.0921 e. The molecular weight excluding hydrogens is 272 g/mol. The highest BCUT2D eigenvalue weighted by atomic mass is 79.9. The van der Waals surface area contributed by atoms with Gasteiger partial charge >= 0.3 is 0 Å². The zero-order valence-corrected chi connectivity index (χ0v) is 11.8. The predicted octanol–water partition coefficient (Wildman–Crippen LogP) is 4.92. The van der Waals surface area contributed by atoms with Gasteiger partial charge in [0, 0.05) is 11.8 Å². The summed E-state index contributed by atoms with van der Waals surface area (Å²) in [5, 5.41) is 0.902. The fourth-order valence-corrected chi connectivity index (χ4v) is 2.49. The third-order valence-electron chi connectivity index (χ3n) is 2.98. The van der Waals surface area contributed by atoms with Crippen molar-refractivity contribution in [2.75, 3.05) is 5.33 Å². The van der Waals surface area contributed by atoms with Crippen molar-refractivity contribution in [1.29, 1.82) is 0 Å². The Bertz CT molecular complexity index is 477. The van der Waals surface area contributed by atoms with E-state index in [9.17, 15) is 0 Å². The molecule has 0 aliphatic carbocycles. The van der Waals surface area contributed by atoms with Gasteiger partial charge in [0.25, 0.3) is 0 Å². The Morgan fingerprint density at radius 2 is 1.53 bits per heavy atom. The normalized spacial score (nSPS) is 10.5. The topological polar surface area (TPSA) is 0 Å². The van der Waals surface area contributed by atoms with E-state index in [4.69, 9.17) is 0 Å². The number of alkyl halides is 1. The van der Waals surface area contributed by atoms with E-state index in [1.165, 1.54) is 27.8 Å². The summed E-state index contributed by atoms with van der Waals surface area (Å²) in [5.41, 5.74) is 6.60. The molecule has 2 aromatic rings. The van der Waals surface area contributed by atoms with Crippen LogP contribution in [0.25, 0.3) is 11.1 Å². The summed E-state index contributed by atoms with van der Waals surface area (Å²) in [5.74, 6) is 0. The van der Waals surface area contributed by atoms with Crippen molar-refractivity contribution in [3.63, 3.8) is 0 Å². The molecule has 17 heavy (non-hydrogen) atoms. The summed E-state index contributed by atoms with van der Waals surface area (Å²) in [6, 6.07) is 15.0. The van der Waals surface area contributed by atoms with Crippen LogP contribution in [-0.4, -0.2) is 5.33 Å². The molecule has 0 unspecified atom stereocenters. The Morgan fingerprint density at radius 1 is 0.941 bits per heavy atom. The number of hydrogen-bond acceptors (Lipinski definition) is 0. The van der Waals surface area contributed by atoms with Gasteiger partial charge in [-0.25, -0.2) is 0 Å². The first-order valence-electron chi connectivity index (χ1n) is 5.78. The van der Waals surface area contributed by atoms with Gasteiger partial charge in [-0.3, -0.25) is 0 Å². The lowest BCUT2D eigenvalue weighted by atomic mass is 9.94. The van der Waals surface area contributed by atoms with Crippen LogP contribution in [0.5, 0.6) is 0 Å². The van der Waals surface area contributed by atoms with Crippen LogP contribution in [0.2, 0.25) is 0 Å². The van der Waals surface area contributed by atoms with Crippen molar-refractivity contribution in [3.8, 4) is 11.1 Å². The van der Waals surface area contributed by atoms with Crippen molar-refractivity contribution in [3.05, 3.63) is 65.6 Å². The molecule has 0 heterocycles. The summed E-state index contributed by atoms with van der Waals surface area (Å²) in [6.45, 7) is 4.35. The molecule has 0 amide bonds. The first kappa shape index (κ1) is 12.4. The maximum atomic E-state index is 3.46. The molecule has 87 valence electrons. The molecule has 1 radical (unpaired) electrons. The maximum Gasteiger partial charge on any atom is 0.0107 e. The molecule has 0 aliphatic heterocycles. The maximum absolute atomic E-state index is 3.46. The summed E-state index contributed by atoms with van der Waals surface area (Å²) in [6.07, 6.45) is 2.22. The van der Waals surface area contributed by atoms with Crippen LogP contribution in [0.3, 0.4) is 0 Å². The lowest BCUT2D eigenvalue weighted by Crippen LogP contribution is -1.94. The Hall–Kier alpha value is -1.08. The van der Waals surface area contributed by atoms with Gasteiger partial charge in [0.15, 0.2) is 0 Å². The molecule has 0 atom stereocenters. The Balaban J connectivity index is 2.46. The largest absolute Gasteiger partial charge is 0.0921 e. The van der Waals surface area contributed by atoms with Crippen LogP contribution >= 0.6 is 15.9 Å². The fourth-order valence-electron chi connectivity index (χ4n) is 2.17. The van der Waals surface area contributed by atoms with Gasteiger partial charge in [0.2, 0.25) is 0 Å². The standard InChI is InChI=1S/C16H16Br/c1-12-10-15(14-6-4-3-5-7-14)11-13(2)16(12)8-9-17/h3-8,10-11H,9H2,1-2H3. The van der Waals surface area contributed by atoms with Crippen molar-refractivity contribution in [2.45, 2.75) is 13.8 Å². The van der Waals surface area contributed by atoms with Crippen LogP contribution < -0.4 is 0 Å². The summed E-state index contributed by atoms with van der Waals surface area (Å²) in [7, 11) is 0. The minimum absolute atomic E-state index is 0.902. The van der Waals surface area contributed by atoms with Gasteiger partial charge < -0.3 is 0 Å². The van der Waals surface area contributed by atoms with Crippen LogP contribution in [-0.2, 0) is 0 Å². The van der Waals surface area contributed by atoms with E-state index in [0.717, 1.165) is 5.33 Å². The molecule has 1 heteroatoms. The van der Waals surface area contributed by atoms with Gasteiger partial charge in [-0.2, -0.15) is 0 Å². The SMILES string of the molecule is Cc1cc(-c2ccccc2)cc(C)c1[CH]CBr. The summed E-state index contributed by atoms with van der Waals surface area (Å²) >= 11 is 3.46. The number of rotatable bonds is 3. The molecule has 0 saturated carbocycles. The van der Waals surface area contributed by atoms with Crippen LogP contribution in [0.15, 0.2) is 42.5 Å². The Morgan fingerprint density at radius 3 is 2.06 bits per heavy atom. The molecule has 0 nitrogen and oxygen atoms in total. The monoisotopic (exact) mass is 287 g/mol. The van der Waals surface area contributed by atoms with Gasteiger partial charge in [-0.15, -0.1) is 0 Å². The molecule has 0 saturated heterocycles. The second kappa shape index (κ2) is 5.50. The van der Waals surface area contributed by atoms with E-state index < -0.39 is 0 Å². The van der Waals surface area contributed by atoms with Crippen LogP contribution in [0.4, 0.5) is 0 Å². The van der Waals surface area contributed by atoms with E-state index in [1.54, 1.807) is 0 Å². The van der Waals surface area contributed by atoms with Crippen molar-refractivity contribution in [2.24, 2.45) is 0 Å². The minimum atomic E-state index is 0.902.